The maximum Gasteiger partial charge on any atom is 0.303 e. The molecule has 0 atom stereocenters. The molecule has 0 radical (unpaired) electrons. The second-order valence-electron chi connectivity index (χ2n) is 4.03. The lowest BCUT2D eigenvalue weighted by molar-refractivity contribution is -0.141. The van der Waals surface area contributed by atoms with Gasteiger partial charge in [0.05, 0.1) is 6.42 Å². The molecule has 1 fully saturated rings. The van der Waals surface area contributed by atoms with Crippen LogP contribution in [-0.4, -0.2) is 11.1 Å². The summed E-state index contributed by atoms with van der Waals surface area (Å²) in [5, 5.41) is 8.71. The first kappa shape index (κ1) is 9.56. The van der Waals surface area contributed by atoms with Gasteiger partial charge in [-0.2, -0.15) is 0 Å². The molecule has 0 amide bonds. The van der Waals surface area contributed by atoms with E-state index in [1.807, 2.05) is 0 Å². The predicted octanol–water partition coefficient (Wildman–Crippen LogP) is 2.82. The Bertz CT molecular complexity index is 159. The highest BCUT2D eigenvalue weighted by molar-refractivity contribution is 5.67. The molecule has 0 aliphatic heterocycles. The number of carbonyl (C=O) groups is 1. The maximum atomic E-state index is 10.6. The number of rotatable bonds is 5. The Morgan fingerprint density at radius 1 is 1.50 bits per heavy atom. The topological polar surface area (TPSA) is 37.3 Å². The molecule has 12 heavy (non-hydrogen) atoms. The second-order valence-corrected chi connectivity index (χ2v) is 4.03. The zero-order chi connectivity index (χ0) is 9.03. The third-order valence-electron chi connectivity index (χ3n) is 3.00. The quantitative estimate of drug-likeness (QED) is 0.688. The van der Waals surface area contributed by atoms with Crippen molar-refractivity contribution in [1.29, 1.82) is 0 Å². The minimum atomic E-state index is -0.620. The standard InChI is InChI=1S/C10H18O2/c1-2-3-5-10(6-4-7-10)8-9(11)12/h2-8H2,1H3,(H,11,12). The first-order valence-corrected chi connectivity index (χ1v) is 4.90. The first-order valence-electron chi connectivity index (χ1n) is 4.90. The van der Waals surface area contributed by atoms with Crippen LogP contribution in [0, 0.1) is 5.41 Å². The molecule has 1 aliphatic carbocycles. The highest BCUT2D eigenvalue weighted by atomic mass is 16.4. The summed E-state index contributed by atoms with van der Waals surface area (Å²) >= 11 is 0. The fourth-order valence-electron chi connectivity index (χ4n) is 2.06. The highest BCUT2D eigenvalue weighted by Gasteiger charge is 2.37. The molecule has 2 heteroatoms. The van der Waals surface area contributed by atoms with E-state index in [4.69, 9.17) is 5.11 Å². The van der Waals surface area contributed by atoms with E-state index in [9.17, 15) is 4.79 Å². The lowest BCUT2D eigenvalue weighted by Crippen LogP contribution is -2.31. The molecule has 2 nitrogen and oxygen atoms in total. The van der Waals surface area contributed by atoms with Gasteiger partial charge in [-0.15, -0.1) is 0 Å². The lowest BCUT2D eigenvalue weighted by Gasteiger charge is -2.41. The number of hydrogen-bond donors (Lipinski definition) is 1. The van der Waals surface area contributed by atoms with Crippen molar-refractivity contribution in [1.82, 2.24) is 0 Å². The van der Waals surface area contributed by atoms with Crippen molar-refractivity contribution in [2.45, 2.75) is 51.9 Å². The Balaban J connectivity index is 2.34. The van der Waals surface area contributed by atoms with Crippen molar-refractivity contribution < 1.29 is 9.90 Å². The summed E-state index contributed by atoms with van der Waals surface area (Å²) in [5.41, 5.74) is 0.196. The van der Waals surface area contributed by atoms with Crippen LogP contribution in [0.2, 0.25) is 0 Å². The molecule has 0 aromatic heterocycles. The van der Waals surface area contributed by atoms with Gasteiger partial charge in [0.25, 0.3) is 0 Å². The van der Waals surface area contributed by atoms with Crippen molar-refractivity contribution >= 4 is 5.97 Å². The van der Waals surface area contributed by atoms with E-state index < -0.39 is 5.97 Å². The molecule has 1 aliphatic rings. The smallest absolute Gasteiger partial charge is 0.303 e. The number of carboxylic acid groups (broad SMARTS) is 1. The van der Waals surface area contributed by atoms with Crippen molar-refractivity contribution in [2.75, 3.05) is 0 Å². The van der Waals surface area contributed by atoms with Gasteiger partial charge < -0.3 is 5.11 Å². The van der Waals surface area contributed by atoms with Crippen LogP contribution in [0.5, 0.6) is 0 Å². The largest absolute Gasteiger partial charge is 0.481 e. The van der Waals surface area contributed by atoms with Crippen LogP contribution < -0.4 is 0 Å². The van der Waals surface area contributed by atoms with Crippen LogP contribution in [0.1, 0.15) is 51.9 Å². The van der Waals surface area contributed by atoms with E-state index in [0.29, 0.717) is 6.42 Å². The van der Waals surface area contributed by atoms with Gasteiger partial charge in [0, 0.05) is 0 Å². The molecular weight excluding hydrogens is 152 g/mol. The van der Waals surface area contributed by atoms with Crippen LogP contribution >= 0.6 is 0 Å². The zero-order valence-electron chi connectivity index (χ0n) is 7.81. The molecule has 0 bridgehead atoms. The Hall–Kier alpha value is -0.530. The van der Waals surface area contributed by atoms with Crippen molar-refractivity contribution in [3.05, 3.63) is 0 Å². The van der Waals surface area contributed by atoms with Crippen LogP contribution in [0.4, 0.5) is 0 Å². The molecule has 0 aromatic rings. The Morgan fingerprint density at radius 3 is 2.50 bits per heavy atom. The molecule has 70 valence electrons. The van der Waals surface area contributed by atoms with E-state index >= 15 is 0 Å². The van der Waals surface area contributed by atoms with Crippen molar-refractivity contribution in [3.8, 4) is 0 Å². The van der Waals surface area contributed by atoms with Crippen molar-refractivity contribution in [3.63, 3.8) is 0 Å². The predicted molar refractivity (Wildman–Crippen MR) is 48.1 cm³/mol. The monoisotopic (exact) mass is 170 g/mol. The Kier molecular flexibility index (Phi) is 3.12. The fourth-order valence-corrected chi connectivity index (χ4v) is 2.06. The van der Waals surface area contributed by atoms with Gasteiger partial charge in [0.15, 0.2) is 0 Å². The van der Waals surface area contributed by atoms with E-state index in [2.05, 4.69) is 6.92 Å². The summed E-state index contributed by atoms with van der Waals surface area (Å²) in [4.78, 5) is 10.6. The summed E-state index contributed by atoms with van der Waals surface area (Å²) in [6.45, 7) is 2.16. The first-order chi connectivity index (χ1) is 5.68. The summed E-state index contributed by atoms with van der Waals surface area (Å²) in [7, 11) is 0. The molecular formula is C10H18O2. The third kappa shape index (κ3) is 2.23. The molecule has 0 saturated heterocycles. The molecule has 1 rings (SSSR count). The van der Waals surface area contributed by atoms with E-state index in [1.165, 1.54) is 19.3 Å². The van der Waals surface area contributed by atoms with Crippen LogP contribution in [0.15, 0.2) is 0 Å². The van der Waals surface area contributed by atoms with Gasteiger partial charge in [-0.3, -0.25) is 4.79 Å². The number of unbranched alkanes of at least 4 members (excludes halogenated alkanes) is 1. The summed E-state index contributed by atoms with van der Waals surface area (Å²) in [5.74, 6) is -0.620. The van der Waals surface area contributed by atoms with Gasteiger partial charge in [-0.1, -0.05) is 26.2 Å². The minimum Gasteiger partial charge on any atom is -0.481 e. The molecule has 0 aromatic carbocycles. The van der Waals surface area contributed by atoms with Gasteiger partial charge in [-0.25, -0.2) is 0 Å². The Labute approximate surface area is 74.0 Å². The van der Waals surface area contributed by atoms with Crippen molar-refractivity contribution in [2.24, 2.45) is 5.41 Å². The normalized spacial score (nSPS) is 20.1. The number of hydrogen-bond acceptors (Lipinski definition) is 1. The summed E-state index contributed by atoms with van der Waals surface area (Å²) in [6.07, 6.45) is 7.40. The summed E-state index contributed by atoms with van der Waals surface area (Å²) in [6, 6.07) is 0. The van der Waals surface area contributed by atoms with E-state index in [0.717, 1.165) is 19.3 Å². The van der Waals surface area contributed by atoms with Gasteiger partial charge in [-0.05, 0) is 24.7 Å². The molecule has 1 saturated carbocycles. The minimum absolute atomic E-state index is 0.196. The van der Waals surface area contributed by atoms with Crippen LogP contribution in [0.25, 0.3) is 0 Å². The SMILES string of the molecule is CCCCC1(CC(=O)O)CCC1. The highest BCUT2D eigenvalue weighted by Crippen LogP contribution is 2.47. The average molecular weight is 170 g/mol. The third-order valence-corrected chi connectivity index (χ3v) is 3.00. The fraction of sp³-hybridized carbons (Fsp3) is 0.900. The molecule has 1 N–H and O–H groups in total. The van der Waals surface area contributed by atoms with Crippen LogP contribution in [-0.2, 0) is 4.79 Å². The lowest BCUT2D eigenvalue weighted by atomic mass is 9.64. The molecule has 0 heterocycles. The van der Waals surface area contributed by atoms with Gasteiger partial charge >= 0.3 is 5.97 Å². The van der Waals surface area contributed by atoms with E-state index in [-0.39, 0.29) is 5.41 Å². The molecule has 0 unspecified atom stereocenters. The average Bonchev–Trinajstić information content (AvgIpc) is 1.94. The Morgan fingerprint density at radius 2 is 2.17 bits per heavy atom. The number of carboxylic acids is 1. The van der Waals surface area contributed by atoms with Gasteiger partial charge in [0.1, 0.15) is 0 Å². The van der Waals surface area contributed by atoms with Gasteiger partial charge in [0.2, 0.25) is 0 Å². The second kappa shape index (κ2) is 3.92. The van der Waals surface area contributed by atoms with E-state index in [1.54, 1.807) is 0 Å². The zero-order valence-corrected chi connectivity index (χ0v) is 7.81. The van der Waals surface area contributed by atoms with Crippen LogP contribution in [0.3, 0.4) is 0 Å². The molecule has 0 spiro atoms. The summed E-state index contributed by atoms with van der Waals surface area (Å²) < 4.78 is 0. The maximum absolute atomic E-state index is 10.6. The number of aliphatic carboxylic acids is 1.